The van der Waals surface area contributed by atoms with Gasteiger partial charge in [0, 0.05) is 30.9 Å². The lowest BCUT2D eigenvalue weighted by molar-refractivity contribution is -0.140. The van der Waals surface area contributed by atoms with Gasteiger partial charge in [0.1, 0.15) is 16.9 Å². The quantitative estimate of drug-likeness (QED) is 0.641. The predicted octanol–water partition coefficient (Wildman–Crippen LogP) is 1.43. The molecule has 3 fully saturated rings. The molecule has 0 aromatic carbocycles. The molecule has 0 spiro atoms. The molecule has 2 N–H and O–H groups in total. The van der Waals surface area contributed by atoms with Crippen LogP contribution in [-0.4, -0.2) is 65.5 Å². The largest absolute Gasteiger partial charge is 0.476 e. The van der Waals surface area contributed by atoms with Gasteiger partial charge in [-0.15, -0.1) is 23.2 Å². The highest BCUT2D eigenvalue weighted by Gasteiger charge is 2.56. The van der Waals surface area contributed by atoms with E-state index in [4.69, 9.17) is 23.2 Å². The van der Waals surface area contributed by atoms with E-state index in [1.807, 2.05) is 0 Å². The van der Waals surface area contributed by atoms with Crippen molar-refractivity contribution in [2.45, 2.75) is 42.2 Å². The molecule has 30 heavy (non-hydrogen) atoms. The zero-order chi connectivity index (χ0) is 21.2. The first-order valence-electron chi connectivity index (χ1n) is 9.77. The molecule has 3 aliphatic rings. The maximum atomic E-state index is 13.1. The summed E-state index contributed by atoms with van der Waals surface area (Å²) in [6.45, 7) is 0.244. The highest BCUT2D eigenvalue weighted by atomic mass is 35.5. The van der Waals surface area contributed by atoms with Crippen LogP contribution in [0.15, 0.2) is 18.5 Å². The number of nitrogens with zero attached hydrogens (tertiary/aromatic N) is 4. The van der Waals surface area contributed by atoms with Crippen molar-refractivity contribution in [3.05, 3.63) is 24.2 Å². The highest BCUT2D eigenvalue weighted by Crippen LogP contribution is 2.53. The van der Waals surface area contributed by atoms with E-state index in [1.54, 1.807) is 11.0 Å². The Hall–Kier alpha value is -2.39. The number of piperidine rings is 1. The minimum Gasteiger partial charge on any atom is -0.476 e. The lowest BCUT2D eigenvalue weighted by Crippen LogP contribution is -2.49. The molecule has 0 unspecified atom stereocenters. The number of amides is 2. The molecule has 4 atom stereocenters. The third kappa shape index (κ3) is 3.30. The molecule has 1 aliphatic heterocycles. The van der Waals surface area contributed by atoms with E-state index >= 15 is 0 Å². The Labute approximate surface area is 181 Å². The molecule has 2 saturated carbocycles. The summed E-state index contributed by atoms with van der Waals surface area (Å²) in [5, 5.41) is 16.7. The number of halogens is 2. The second-order valence-electron chi connectivity index (χ2n) is 8.23. The Kier molecular flexibility index (Phi) is 4.44. The summed E-state index contributed by atoms with van der Waals surface area (Å²) in [6, 6.07) is 1.13. The highest BCUT2D eigenvalue weighted by molar-refractivity contribution is 6.50. The van der Waals surface area contributed by atoms with Crippen LogP contribution in [0.2, 0.25) is 0 Å². The van der Waals surface area contributed by atoms with Gasteiger partial charge < -0.3 is 15.3 Å². The minimum atomic E-state index is -1.19. The average Bonchev–Trinajstić information content (AvgIpc) is 3.49. The average molecular weight is 452 g/mol. The summed E-state index contributed by atoms with van der Waals surface area (Å²) in [5.74, 6) is -1.28. The third-order valence-corrected chi connectivity index (χ3v) is 7.14. The normalized spacial score (nSPS) is 28.3. The molecule has 2 amide bonds. The number of carbonyl (C=O) groups excluding carboxylic acids is 2. The Morgan fingerprint density at radius 3 is 2.77 bits per heavy atom. The van der Waals surface area contributed by atoms with Crippen LogP contribution in [0.4, 0.5) is 0 Å². The second-order valence-corrected chi connectivity index (χ2v) is 9.77. The molecule has 158 valence electrons. The van der Waals surface area contributed by atoms with Gasteiger partial charge in [-0.25, -0.2) is 4.79 Å². The van der Waals surface area contributed by atoms with Crippen molar-refractivity contribution in [1.82, 2.24) is 25.0 Å². The summed E-state index contributed by atoms with van der Waals surface area (Å²) < 4.78 is 0.603. The van der Waals surface area contributed by atoms with Gasteiger partial charge in [-0.05, 0) is 31.2 Å². The first-order valence-corrected chi connectivity index (χ1v) is 10.5. The number of hydrogen-bond donors (Lipinski definition) is 2. The Morgan fingerprint density at radius 2 is 2.07 bits per heavy atom. The fourth-order valence-electron chi connectivity index (χ4n) is 4.39. The molecule has 1 saturated heterocycles. The first-order chi connectivity index (χ1) is 14.3. The molecule has 0 bridgehead atoms. The lowest BCUT2D eigenvalue weighted by Gasteiger charge is -2.27. The number of carboxylic acids is 1. The number of carbonyl (C=O) groups is 3. The van der Waals surface area contributed by atoms with Crippen molar-refractivity contribution < 1.29 is 19.5 Å². The van der Waals surface area contributed by atoms with Gasteiger partial charge in [0.2, 0.25) is 11.8 Å². The number of pyridine rings is 1. The van der Waals surface area contributed by atoms with E-state index in [2.05, 4.69) is 15.4 Å². The summed E-state index contributed by atoms with van der Waals surface area (Å²) >= 11 is 12.0. The van der Waals surface area contributed by atoms with Gasteiger partial charge in [-0.2, -0.15) is 5.10 Å². The van der Waals surface area contributed by atoms with E-state index in [-0.39, 0.29) is 36.0 Å². The van der Waals surface area contributed by atoms with Crippen molar-refractivity contribution in [2.75, 3.05) is 6.54 Å². The van der Waals surface area contributed by atoms with Gasteiger partial charge in [-0.3, -0.25) is 19.3 Å². The van der Waals surface area contributed by atoms with Crippen LogP contribution >= 0.6 is 23.2 Å². The van der Waals surface area contributed by atoms with Crippen LogP contribution < -0.4 is 5.32 Å². The number of alkyl halides is 2. The van der Waals surface area contributed by atoms with E-state index in [0.29, 0.717) is 36.2 Å². The molecule has 5 rings (SSSR count). The summed E-state index contributed by atoms with van der Waals surface area (Å²) in [4.78, 5) is 42.9. The molecule has 2 aromatic heterocycles. The maximum Gasteiger partial charge on any atom is 0.357 e. The zero-order valence-corrected chi connectivity index (χ0v) is 17.3. The van der Waals surface area contributed by atoms with E-state index < -0.39 is 16.3 Å². The van der Waals surface area contributed by atoms with Gasteiger partial charge in [0.25, 0.3) is 0 Å². The number of fused-ring (bicyclic) bond motifs is 2. The van der Waals surface area contributed by atoms with E-state index in [1.165, 1.54) is 17.1 Å². The van der Waals surface area contributed by atoms with Crippen molar-refractivity contribution in [1.29, 1.82) is 0 Å². The smallest absolute Gasteiger partial charge is 0.357 e. The van der Waals surface area contributed by atoms with Crippen LogP contribution in [0.3, 0.4) is 0 Å². The van der Waals surface area contributed by atoms with Crippen molar-refractivity contribution in [2.24, 2.45) is 11.8 Å². The first kappa shape index (κ1) is 19.6. The van der Waals surface area contributed by atoms with Crippen LogP contribution in [0, 0.1) is 11.8 Å². The SMILES string of the molecule is O=C(O)c1nn(CC(=O)N2[C@@H]3C[C@@H]3C[C@H]2C(=O)NC[C@H]2CC2(Cl)Cl)c2ccncc12. The monoisotopic (exact) mass is 451 g/mol. The molecule has 2 aromatic rings. The molecular weight excluding hydrogens is 433 g/mol. The topological polar surface area (TPSA) is 117 Å². The van der Waals surface area contributed by atoms with Crippen LogP contribution in [0.25, 0.3) is 10.9 Å². The number of aromatic nitrogens is 3. The molecule has 11 heteroatoms. The molecule has 2 aliphatic carbocycles. The molecule has 9 nitrogen and oxygen atoms in total. The fraction of sp³-hybridized carbons (Fsp3) is 0.526. The maximum absolute atomic E-state index is 13.1. The lowest BCUT2D eigenvalue weighted by atomic mass is 10.1. The van der Waals surface area contributed by atoms with Gasteiger partial charge in [0.15, 0.2) is 5.69 Å². The second kappa shape index (κ2) is 6.81. The minimum absolute atomic E-state index is 0.0309. The van der Waals surface area contributed by atoms with Crippen LogP contribution in [0.5, 0.6) is 0 Å². The number of carboxylic acid groups (broad SMARTS) is 1. The Bertz CT molecular complexity index is 1070. The molecule has 0 radical (unpaired) electrons. The van der Waals surface area contributed by atoms with Gasteiger partial charge in [0.05, 0.1) is 10.9 Å². The summed E-state index contributed by atoms with van der Waals surface area (Å²) in [5.41, 5.74) is 0.360. The van der Waals surface area contributed by atoms with Crippen LogP contribution in [0.1, 0.15) is 29.8 Å². The summed E-state index contributed by atoms with van der Waals surface area (Å²) in [7, 11) is 0. The Balaban J connectivity index is 1.32. The van der Waals surface area contributed by atoms with E-state index in [0.717, 1.165) is 6.42 Å². The molecular formula is C19H19Cl2N5O4. The van der Waals surface area contributed by atoms with Crippen LogP contribution in [-0.2, 0) is 16.1 Å². The third-order valence-electron chi connectivity index (χ3n) is 6.21. The van der Waals surface area contributed by atoms with Gasteiger partial charge in [-0.1, -0.05) is 0 Å². The van der Waals surface area contributed by atoms with Crippen molar-refractivity contribution in [3.63, 3.8) is 0 Å². The number of hydrogen-bond acceptors (Lipinski definition) is 5. The van der Waals surface area contributed by atoms with Crippen molar-refractivity contribution >= 4 is 51.9 Å². The number of nitrogens with one attached hydrogen (secondary N) is 1. The number of aromatic carboxylic acids is 1. The zero-order valence-electron chi connectivity index (χ0n) is 15.8. The van der Waals surface area contributed by atoms with E-state index in [9.17, 15) is 19.5 Å². The molecule has 3 heterocycles. The fourth-order valence-corrected chi connectivity index (χ4v) is 4.92. The number of likely N-dealkylation sites (tertiary alicyclic amines) is 1. The Morgan fingerprint density at radius 1 is 1.30 bits per heavy atom. The summed E-state index contributed by atoms with van der Waals surface area (Å²) in [6.07, 6.45) is 5.09. The van der Waals surface area contributed by atoms with Crippen molar-refractivity contribution in [3.8, 4) is 0 Å². The predicted molar refractivity (Wildman–Crippen MR) is 107 cm³/mol. The standard InChI is InChI=1S/C19H19Cl2N5O4/c20-19(21)5-10(19)6-23-17(28)14-4-9-3-13(9)26(14)15(27)8-25-12-1-2-22-7-11(12)16(24-25)18(29)30/h1-2,7,9-10,13-14H,3-6,8H2,(H,23,28)(H,29,30)/t9-,10-,13-,14+/m1/s1. The van der Waals surface area contributed by atoms with Gasteiger partial charge >= 0.3 is 5.97 Å². The number of rotatable bonds is 6.